The van der Waals surface area contributed by atoms with E-state index in [4.69, 9.17) is 9.47 Å². The summed E-state index contributed by atoms with van der Waals surface area (Å²) in [7, 11) is 0. The number of nitrogens with zero attached hydrogens (tertiary/aromatic N) is 1. The third kappa shape index (κ3) is 2.29. The number of hydrogen-bond acceptors (Lipinski definition) is 4. The maximum absolute atomic E-state index is 10.6. The van der Waals surface area contributed by atoms with Gasteiger partial charge in [0.25, 0.3) is 0 Å². The van der Waals surface area contributed by atoms with Gasteiger partial charge in [-0.05, 0) is 18.9 Å². The molecule has 0 radical (unpaired) electrons. The number of ether oxygens (including phenoxy) is 2. The van der Waals surface area contributed by atoms with Gasteiger partial charge in [0, 0.05) is 11.0 Å². The maximum Gasteiger partial charge on any atom is 0.235 e. The lowest BCUT2D eigenvalue weighted by atomic mass is 9.90. The normalized spacial score (nSPS) is 21.9. The van der Waals surface area contributed by atoms with Crippen LogP contribution < -0.4 is 4.74 Å². The summed E-state index contributed by atoms with van der Waals surface area (Å²) >= 11 is 0. The molecule has 1 aliphatic heterocycles. The van der Waals surface area contributed by atoms with E-state index in [2.05, 4.69) is 11.9 Å². The van der Waals surface area contributed by atoms with Crippen molar-refractivity contribution in [1.29, 1.82) is 0 Å². The Morgan fingerprint density at radius 2 is 2.11 bits per heavy atom. The number of isocyanates is 1. The van der Waals surface area contributed by atoms with Gasteiger partial charge < -0.3 is 9.47 Å². The highest BCUT2D eigenvalue weighted by atomic mass is 16.5. The average molecular weight is 259 g/mol. The Kier molecular flexibility index (Phi) is 2.92. The molecule has 0 amide bonds. The van der Waals surface area contributed by atoms with Gasteiger partial charge in [0.2, 0.25) is 6.08 Å². The fraction of sp³-hybridized carbons (Fsp3) is 0.533. The van der Waals surface area contributed by atoms with E-state index in [1.807, 2.05) is 24.3 Å². The van der Waals surface area contributed by atoms with Gasteiger partial charge in [-0.15, -0.1) is 0 Å². The van der Waals surface area contributed by atoms with Crippen LogP contribution in [0.25, 0.3) is 0 Å². The molecule has 1 heterocycles. The molecule has 0 aromatic heterocycles. The van der Waals surface area contributed by atoms with E-state index in [-0.39, 0.29) is 11.0 Å². The van der Waals surface area contributed by atoms with Gasteiger partial charge in [0.15, 0.2) is 0 Å². The van der Waals surface area contributed by atoms with Gasteiger partial charge >= 0.3 is 0 Å². The molecule has 1 aliphatic carbocycles. The van der Waals surface area contributed by atoms with Crippen LogP contribution in [0.4, 0.5) is 0 Å². The molecule has 0 bridgehead atoms. The Morgan fingerprint density at radius 3 is 2.68 bits per heavy atom. The largest absolute Gasteiger partial charge is 0.492 e. The second kappa shape index (κ2) is 4.48. The van der Waals surface area contributed by atoms with Crippen molar-refractivity contribution < 1.29 is 14.3 Å². The Labute approximate surface area is 112 Å². The van der Waals surface area contributed by atoms with Crippen LogP contribution in [-0.2, 0) is 15.1 Å². The van der Waals surface area contributed by atoms with Crippen LogP contribution in [0.2, 0.25) is 0 Å². The highest BCUT2D eigenvalue weighted by molar-refractivity contribution is 5.47. The quantitative estimate of drug-likeness (QED) is 0.602. The lowest BCUT2D eigenvalue weighted by Gasteiger charge is -2.37. The molecule has 100 valence electrons. The van der Waals surface area contributed by atoms with Crippen molar-refractivity contribution in [3.8, 4) is 5.75 Å². The van der Waals surface area contributed by atoms with E-state index in [0.29, 0.717) is 6.61 Å². The first-order chi connectivity index (χ1) is 9.18. The molecule has 2 fully saturated rings. The van der Waals surface area contributed by atoms with Crippen LogP contribution in [0.3, 0.4) is 0 Å². The summed E-state index contributed by atoms with van der Waals surface area (Å²) in [4.78, 5) is 14.5. The standard InChI is InChI=1S/C15H17NO3/c1-14(8-18-9-14)10-19-13-5-3-2-4-12(13)15(6-7-15)16-11-17/h2-5H,6-10H2,1H3. The third-order valence-corrected chi connectivity index (χ3v) is 3.85. The molecule has 1 saturated heterocycles. The van der Waals surface area contributed by atoms with Crippen LogP contribution in [-0.4, -0.2) is 25.9 Å². The minimum atomic E-state index is -0.380. The highest BCUT2D eigenvalue weighted by Crippen LogP contribution is 2.52. The molecule has 1 saturated carbocycles. The first-order valence-electron chi connectivity index (χ1n) is 6.57. The first kappa shape index (κ1) is 12.4. The van der Waals surface area contributed by atoms with Crippen LogP contribution >= 0.6 is 0 Å². The van der Waals surface area contributed by atoms with Gasteiger partial charge in [-0.2, -0.15) is 4.99 Å². The minimum absolute atomic E-state index is 0.109. The number of aliphatic imine (C=N–C) groups is 1. The average Bonchev–Trinajstić information content (AvgIpc) is 3.16. The fourth-order valence-corrected chi connectivity index (χ4v) is 2.41. The Balaban J connectivity index is 1.80. The summed E-state index contributed by atoms with van der Waals surface area (Å²) in [6, 6.07) is 7.83. The molecule has 2 aliphatic rings. The van der Waals surface area contributed by atoms with E-state index in [1.54, 1.807) is 6.08 Å². The predicted molar refractivity (Wildman–Crippen MR) is 69.9 cm³/mol. The number of hydrogen-bond donors (Lipinski definition) is 0. The van der Waals surface area contributed by atoms with Gasteiger partial charge in [-0.25, -0.2) is 4.79 Å². The lowest BCUT2D eigenvalue weighted by Crippen LogP contribution is -2.44. The molecule has 3 rings (SSSR count). The van der Waals surface area contributed by atoms with Crippen molar-refractivity contribution in [2.75, 3.05) is 19.8 Å². The molecule has 1 aromatic rings. The summed E-state index contributed by atoms with van der Waals surface area (Å²) in [6.45, 7) is 4.26. The summed E-state index contributed by atoms with van der Waals surface area (Å²) in [5, 5.41) is 0. The molecule has 0 spiro atoms. The van der Waals surface area contributed by atoms with Crippen molar-refractivity contribution in [3.63, 3.8) is 0 Å². The molecule has 0 N–H and O–H groups in total. The maximum atomic E-state index is 10.6. The summed E-state index contributed by atoms with van der Waals surface area (Å²) in [6.07, 6.45) is 3.47. The van der Waals surface area contributed by atoms with Crippen molar-refractivity contribution in [2.45, 2.75) is 25.3 Å². The Bertz CT molecular complexity index is 526. The van der Waals surface area contributed by atoms with Crippen LogP contribution in [0.5, 0.6) is 5.75 Å². The lowest BCUT2D eigenvalue weighted by molar-refractivity contribution is -0.120. The van der Waals surface area contributed by atoms with E-state index in [0.717, 1.165) is 37.4 Å². The van der Waals surface area contributed by atoms with Crippen LogP contribution in [0, 0.1) is 5.41 Å². The second-order valence-electron chi connectivity index (χ2n) is 5.82. The van der Waals surface area contributed by atoms with Gasteiger partial charge in [0.05, 0.1) is 19.8 Å². The van der Waals surface area contributed by atoms with Crippen molar-refractivity contribution in [1.82, 2.24) is 0 Å². The van der Waals surface area contributed by atoms with Crippen molar-refractivity contribution >= 4 is 6.08 Å². The van der Waals surface area contributed by atoms with E-state index in [9.17, 15) is 4.79 Å². The van der Waals surface area contributed by atoms with Crippen LogP contribution in [0.15, 0.2) is 29.3 Å². The zero-order valence-corrected chi connectivity index (χ0v) is 11.0. The Hall–Kier alpha value is -1.64. The predicted octanol–water partition coefficient (Wildman–Crippen LogP) is 2.43. The summed E-state index contributed by atoms with van der Waals surface area (Å²) in [5.41, 5.74) is 0.731. The molecular weight excluding hydrogens is 242 g/mol. The monoisotopic (exact) mass is 259 g/mol. The number of benzene rings is 1. The third-order valence-electron chi connectivity index (χ3n) is 3.85. The topological polar surface area (TPSA) is 47.9 Å². The van der Waals surface area contributed by atoms with Gasteiger partial charge in [-0.1, -0.05) is 25.1 Å². The number of rotatable bonds is 5. The van der Waals surface area contributed by atoms with E-state index >= 15 is 0 Å². The SMILES string of the molecule is CC1(COc2ccccc2C2(N=C=O)CC2)COC1. The molecule has 19 heavy (non-hydrogen) atoms. The summed E-state index contributed by atoms with van der Waals surface area (Å²) < 4.78 is 11.2. The Morgan fingerprint density at radius 1 is 1.37 bits per heavy atom. The first-order valence-corrected chi connectivity index (χ1v) is 6.57. The zero-order valence-electron chi connectivity index (χ0n) is 11.0. The van der Waals surface area contributed by atoms with E-state index in [1.165, 1.54) is 0 Å². The van der Waals surface area contributed by atoms with Crippen molar-refractivity contribution in [2.24, 2.45) is 10.4 Å². The summed E-state index contributed by atoms with van der Waals surface area (Å²) in [5.74, 6) is 0.826. The molecule has 0 atom stereocenters. The zero-order chi connectivity index (χ0) is 13.3. The molecule has 1 aromatic carbocycles. The van der Waals surface area contributed by atoms with Crippen LogP contribution in [0.1, 0.15) is 25.3 Å². The smallest absolute Gasteiger partial charge is 0.235 e. The fourth-order valence-electron chi connectivity index (χ4n) is 2.41. The number of para-hydroxylation sites is 1. The highest BCUT2D eigenvalue weighted by Gasteiger charge is 2.47. The van der Waals surface area contributed by atoms with Gasteiger partial charge in [-0.3, -0.25) is 0 Å². The van der Waals surface area contributed by atoms with Crippen molar-refractivity contribution in [3.05, 3.63) is 29.8 Å². The van der Waals surface area contributed by atoms with Gasteiger partial charge in [0.1, 0.15) is 11.3 Å². The molecule has 4 nitrogen and oxygen atoms in total. The number of carbonyl (C=O) groups excluding carboxylic acids is 1. The molecular formula is C15H17NO3. The second-order valence-corrected chi connectivity index (χ2v) is 5.82. The molecule has 0 unspecified atom stereocenters. The van der Waals surface area contributed by atoms with E-state index < -0.39 is 0 Å². The minimum Gasteiger partial charge on any atom is -0.492 e. The molecule has 4 heteroatoms.